The minimum Gasteiger partial charge on any atom is -0.483 e. The maximum absolute atomic E-state index is 12.6. The number of anilines is 1. The van der Waals surface area contributed by atoms with Crippen molar-refractivity contribution in [3.05, 3.63) is 94.9 Å². The molecule has 2 aromatic carbocycles. The Balaban J connectivity index is 1.56. The van der Waals surface area contributed by atoms with Crippen LogP contribution in [0.5, 0.6) is 5.75 Å². The van der Waals surface area contributed by atoms with Crippen molar-refractivity contribution in [2.24, 2.45) is 0 Å². The van der Waals surface area contributed by atoms with Gasteiger partial charge in [0, 0.05) is 32.0 Å². The van der Waals surface area contributed by atoms with Crippen LogP contribution in [0.3, 0.4) is 0 Å². The Bertz CT molecular complexity index is 860. The lowest BCUT2D eigenvalue weighted by Gasteiger charge is -2.19. The summed E-state index contributed by atoms with van der Waals surface area (Å²) >= 11 is 0. The fourth-order valence-corrected chi connectivity index (χ4v) is 2.83. The molecule has 0 saturated heterocycles. The van der Waals surface area contributed by atoms with Crippen molar-refractivity contribution in [3.63, 3.8) is 0 Å². The second kappa shape index (κ2) is 8.90. The molecule has 26 heavy (non-hydrogen) atoms. The van der Waals surface area contributed by atoms with Gasteiger partial charge in [-0.3, -0.25) is 4.79 Å². The number of hydrogen-bond acceptors (Lipinski definition) is 3. The van der Waals surface area contributed by atoms with Gasteiger partial charge in [0.2, 0.25) is 0 Å². The lowest BCUT2D eigenvalue weighted by molar-refractivity contribution is 0.298. The minimum atomic E-state index is -0.0780. The first-order valence-corrected chi connectivity index (χ1v) is 8.86. The number of hydrogen-bond donors (Lipinski definition) is 0. The van der Waals surface area contributed by atoms with Crippen LogP contribution in [0.25, 0.3) is 0 Å². The number of benzene rings is 2. The van der Waals surface area contributed by atoms with Crippen molar-refractivity contribution in [2.75, 3.05) is 18.5 Å². The molecule has 0 N–H and O–H groups in total. The van der Waals surface area contributed by atoms with Crippen molar-refractivity contribution in [3.8, 4) is 5.75 Å². The van der Waals surface area contributed by atoms with E-state index in [1.54, 1.807) is 10.6 Å². The summed E-state index contributed by atoms with van der Waals surface area (Å²) in [5.41, 5.74) is 2.15. The SMILES string of the molecule is CN(CCCn1cccc(OCc2ccccc2)c1=O)c1ccccc1. The average Bonchev–Trinajstić information content (AvgIpc) is 2.69. The quantitative estimate of drug-likeness (QED) is 0.618. The summed E-state index contributed by atoms with van der Waals surface area (Å²) in [5, 5.41) is 0. The smallest absolute Gasteiger partial charge is 0.292 e. The molecule has 3 aromatic rings. The highest BCUT2D eigenvalue weighted by atomic mass is 16.5. The number of rotatable bonds is 8. The van der Waals surface area contributed by atoms with Crippen LogP contribution < -0.4 is 15.2 Å². The summed E-state index contributed by atoms with van der Waals surface area (Å²) in [6.45, 7) is 1.95. The van der Waals surface area contributed by atoms with E-state index >= 15 is 0 Å². The molecule has 3 rings (SSSR count). The van der Waals surface area contributed by atoms with Crippen molar-refractivity contribution in [1.82, 2.24) is 4.57 Å². The van der Waals surface area contributed by atoms with Gasteiger partial charge in [0.1, 0.15) is 6.61 Å². The third-order valence-corrected chi connectivity index (χ3v) is 4.31. The predicted octanol–water partition coefficient (Wildman–Crippen LogP) is 3.95. The first kappa shape index (κ1) is 17.8. The van der Waals surface area contributed by atoms with E-state index in [9.17, 15) is 4.79 Å². The van der Waals surface area contributed by atoms with E-state index in [1.807, 2.05) is 60.8 Å². The molecule has 0 amide bonds. The van der Waals surface area contributed by atoms with Crippen LogP contribution in [0.15, 0.2) is 83.8 Å². The Morgan fingerprint density at radius 1 is 0.923 bits per heavy atom. The fraction of sp³-hybridized carbons (Fsp3) is 0.227. The summed E-state index contributed by atoms with van der Waals surface area (Å²) < 4.78 is 7.44. The fourth-order valence-electron chi connectivity index (χ4n) is 2.83. The summed E-state index contributed by atoms with van der Waals surface area (Å²) in [7, 11) is 2.07. The first-order valence-electron chi connectivity index (χ1n) is 8.86. The van der Waals surface area contributed by atoms with E-state index in [0.29, 0.717) is 18.9 Å². The first-order chi connectivity index (χ1) is 12.7. The van der Waals surface area contributed by atoms with Crippen LogP contribution >= 0.6 is 0 Å². The topological polar surface area (TPSA) is 34.5 Å². The molecule has 0 aliphatic heterocycles. The molecule has 0 aliphatic carbocycles. The molecule has 4 nitrogen and oxygen atoms in total. The molecule has 1 aromatic heterocycles. The zero-order valence-electron chi connectivity index (χ0n) is 15.0. The van der Waals surface area contributed by atoms with Crippen LogP contribution in [-0.2, 0) is 13.2 Å². The molecule has 0 spiro atoms. The molecule has 0 bridgehead atoms. The normalized spacial score (nSPS) is 10.5. The maximum Gasteiger partial charge on any atom is 0.292 e. The van der Waals surface area contributed by atoms with Gasteiger partial charge in [-0.05, 0) is 36.2 Å². The number of ether oxygens (including phenoxy) is 1. The van der Waals surface area contributed by atoms with Crippen LogP contribution in [0.4, 0.5) is 5.69 Å². The lowest BCUT2D eigenvalue weighted by atomic mass is 10.2. The van der Waals surface area contributed by atoms with Crippen LogP contribution in [0.1, 0.15) is 12.0 Å². The van der Waals surface area contributed by atoms with Gasteiger partial charge in [-0.15, -0.1) is 0 Å². The van der Waals surface area contributed by atoms with E-state index in [0.717, 1.165) is 18.5 Å². The zero-order chi connectivity index (χ0) is 18.2. The number of aryl methyl sites for hydroxylation is 1. The van der Waals surface area contributed by atoms with Gasteiger partial charge >= 0.3 is 0 Å². The Morgan fingerprint density at radius 2 is 1.62 bits per heavy atom. The van der Waals surface area contributed by atoms with Crippen molar-refractivity contribution in [1.29, 1.82) is 0 Å². The molecule has 134 valence electrons. The molecule has 0 fully saturated rings. The van der Waals surface area contributed by atoms with E-state index < -0.39 is 0 Å². The third kappa shape index (κ3) is 4.76. The highest BCUT2D eigenvalue weighted by molar-refractivity contribution is 5.44. The summed E-state index contributed by atoms with van der Waals surface area (Å²) in [5.74, 6) is 0.396. The average molecular weight is 348 g/mol. The van der Waals surface area contributed by atoms with Crippen molar-refractivity contribution in [2.45, 2.75) is 19.6 Å². The van der Waals surface area contributed by atoms with Crippen molar-refractivity contribution < 1.29 is 4.74 Å². The molecular weight excluding hydrogens is 324 g/mol. The number of para-hydroxylation sites is 1. The molecule has 0 atom stereocenters. The maximum atomic E-state index is 12.6. The minimum absolute atomic E-state index is 0.0780. The van der Waals surface area contributed by atoms with E-state index in [1.165, 1.54) is 5.69 Å². The Kier molecular flexibility index (Phi) is 6.09. The summed E-state index contributed by atoms with van der Waals surface area (Å²) in [6.07, 6.45) is 2.70. The van der Waals surface area contributed by atoms with E-state index in [4.69, 9.17) is 4.74 Å². The van der Waals surface area contributed by atoms with Gasteiger partial charge in [0.15, 0.2) is 5.75 Å². The van der Waals surface area contributed by atoms with E-state index in [2.05, 4.69) is 24.1 Å². The second-order valence-electron chi connectivity index (χ2n) is 6.26. The lowest BCUT2D eigenvalue weighted by Crippen LogP contribution is -2.24. The molecular formula is C22H24N2O2. The van der Waals surface area contributed by atoms with Gasteiger partial charge in [0.25, 0.3) is 5.56 Å². The van der Waals surface area contributed by atoms with Crippen LogP contribution in [0, 0.1) is 0 Å². The molecule has 1 heterocycles. The second-order valence-corrected chi connectivity index (χ2v) is 6.26. The summed E-state index contributed by atoms with van der Waals surface area (Å²) in [4.78, 5) is 14.8. The molecule has 0 aliphatic rings. The molecule has 0 saturated carbocycles. The van der Waals surface area contributed by atoms with Gasteiger partial charge in [-0.2, -0.15) is 0 Å². The van der Waals surface area contributed by atoms with Gasteiger partial charge in [-0.1, -0.05) is 48.5 Å². The van der Waals surface area contributed by atoms with Crippen LogP contribution in [0.2, 0.25) is 0 Å². The van der Waals surface area contributed by atoms with Gasteiger partial charge in [0.05, 0.1) is 0 Å². The Labute approximate surface area is 154 Å². The van der Waals surface area contributed by atoms with Crippen molar-refractivity contribution >= 4 is 5.69 Å². The number of aromatic nitrogens is 1. The molecule has 4 heteroatoms. The van der Waals surface area contributed by atoms with Gasteiger partial charge < -0.3 is 14.2 Å². The zero-order valence-corrected chi connectivity index (χ0v) is 15.0. The Morgan fingerprint density at radius 3 is 2.35 bits per heavy atom. The van der Waals surface area contributed by atoms with Crippen LogP contribution in [-0.4, -0.2) is 18.2 Å². The largest absolute Gasteiger partial charge is 0.483 e. The highest BCUT2D eigenvalue weighted by Gasteiger charge is 2.06. The van der Waals surface area contributed by atoms with Gasteiger partial charge in [-0.25, -0.2) is 0 Å². The molecule has 0 unspecified atom stereocenters. The standard InChI is InChI=1S/C22H24N2O2/c1-23(20-12-6-3-7-13-20)15-9-17-24-16-8-14-21(22(24)25)26-18-19-10-4-2-5-11-19/h2-8,10-14,16H,9,15,17-18H2,1H3. The molecule has 0 radical (unpaired) electrons. The monoisotopic (exact) mass is 348 g/mol. The van der Waals surface area contributed by atoms with E-state index in [-0.39, 0.29) is 5.56 Å². The summed E-state index contributed by atoms with van der Waals surface area (Å²) in [6, 6.07) is 23.7. The highest BCUT2D eigenvalue weighted by Crippen LogP contribution is 2.11. The third-order valence-electron chi connectivity index (χ3n) is 4.31. The Hall–Kier alpha value is -3.01. The number of nitrogens with zero attached hydrogens (tertiary/aromatic N) is 2. The predicted molar refractivity (Wildman–Crippen MR) is 106 cm³/mol. The number of pyridine rings is 1.